The number of fused-ring (bicyclic) bond motifs is 2. The Kier molecular flexibility index (Phi) is 4.21. The lowest BCUT2D eigenvalue weighted by Crippen LogP contribution is -2.34. The van der Waals surface area contributed by atoms with Crippen LogP contribution in [0.15, 0.2) is 41.7 Å². The van der Waals surface area contributed by atoms with Crippen molar-refractivity contribution in [3.63, 3.8) is 0 Å². The zero-order valence-corrected chi connectivity index (χ0v) is 16.4. The van der Waals surface area contributed by atoms with Gasteiger partial charge in [-0.3, -0.25) is 9.36 Å². The van der Waals surface area contributed by atoms with Crippen LogP contribution in [0.3, 0.4) is 0 Å². The largest absolute Gasteiger partial charge is 0.328 e. The van der Waals surface area contributed by atoms with Crippen LogP contribution in [0.5, 0.6) is 0 Å². The van der Waals surface area contributed by atoms with E-state index in [0.717, 1.165) is 43.1 Å². The molecule has 4 heterocycles. The van der Waals surface area contributed by atoms with E-state index in [1.807, 2.05) is 47.0 Å². The van der Waals surface area contributed by atoms with Crippen LogP contribution in [0, 0.1) is 6.92 Å². The van der Waals surface area contributed by atoms with Gasteiger partial charge in [0, 0.05) is 24.1 Å². The van der Waals surface area contributed by atoms with E-state index in [1.165, 1.54) is 0 Å². The van der Waals surface area contributed by atoms with Gasteiger partial charge in [-0.15, -0.1) is 0 Å². The first-order chi connectivity index (χ1) is 13.6. The Morgan fingerprint density at radius 2 is 2.07 bits per heavy atom. The van der Waals surface area contributed by atoms with Crippen molar-refractivity contribution in [1.82, 2.24) is 24.4 Å². The average Bonchev–Trinajstić information content (AvgIpc) is 3.09. The fourth-order valence-corrected chi connectivity index (χ4v) is 4.32. The maximum absolute atomic E-state index is 13.0. The number of hydrogen-bond donors (Lipinski definition) is 1. The van der Waals surface area contributed by atoms with Crippen molar-refractivity contribution in [3.8, 4) is 0 Å². The van der Waals surface area contributed by atoms with Crippen LogP contribution < -0.4 is 15.8 Å². The summed E-state index contributed by atoms with van der Waals surface area (Å²) in [6.07, 6.45) is 7.46. The number of benzene rings is 1. The predicted octanol–water partition coefficient (Wildman–Crippen LogP) is 2.84. The Morgan fingerprint density at radius 3 is 2.89 bits per heavy atom. The van der Waals surface area contributed by atoms with Gasteiger partial charge in [-0.05, 0) is 51.1 Å². The van der Waals surface area contributed by atoms with Gasteiger partial charge in [0.05, 0.1) is 28.0 Å². The first-order valence-corrected chi connectivity index (χ1v) is 9.88. The molecule has 2 aliphatic heterocycles. The molecular formula is C20H21ClN6O. The Balaban J connectivity index is 1.50. The van der Waals surface area contributed by atoms with Gasteiger partial charge in [0.2, 0.25) is 0 Å². The van der Waals surface area contributed by atoms with Crippen molar-refractivity contribution < 1.29 is 0 Å². The van der Waals surface area contributed by atoms with E-state index in [0.29, 0.717) is 22.6 Å². The van der Waals surface area contributed by atoms with Crippen molar-refractivity contribution in [2.75, 3.05) is 18.0 Å². The molecule has 0 spiro atoms. The molecule has 0 bridgehead atoms. The molecule has 28 heavy (non-hydrogen) atoms. The van der Waals surface area contributed by atoms with Crippen molar-refractivity contribution in [2.24, 2.45) is 0 Å². The van der Waals surface area contributed by atoms with Crippen LogP contribution in [0.2, 0.25) is 0 Å². The van der Waals surface area contributed by atoms with Gasteiger partial charge >= 0.3 is 0 Å². The van der Waals surface area contributed by atoms with E-state index < -0.39 is 0 Å². The zero-order valence-electron chi connectivity index (χ0n) is 15.6. The first-order valence-electron chi connectivity index (χ1n) is 9.50. The summed E-state index contributed by atoms with van der Waals surface area (Å²) in [5.74, 6) is 0.777. The van der Waals surface area contributed by atoms with E-state index in [9.17, 15) is 4.79 Å². The van der Waals surface area contributed by atoms with Gasteiger partial charge in [0.25, 0.3) is 5.56 Å². The topological polar surface area (TPSA) is 68.0 Å². The number of nitrogens with zero attached hydrogens (tertiary/aromatic N) is 5. The second-order valence-electron chi connectivity index (χ2n) is 7.40. The molecule has 0 saturated carbocycles. The highest BCUT2D eigenvalue weighted by atomic mass is 35.5. The van der Waals surface area contributed by atoms with Crippen LogP contribution in [0.4, 0.5) is 5.69 Å². The standard InChI is InChI=1S/C20H21ClN6O/c1-13-9-26-12-25(10-17(21)19(26)24-13)15-2-3-16-18(8-15)23-11-27(20(16)28)14-4-6-22-7-5-14/h2-3,8-11,14,22H,4-7,12H2,1H3. The number of nitrogens with one attached hydrogen (secondary N) is 1. The molecule has 0 amide bonds. The lowest BCUT2D eigenvalue weighted by Gasteiger charge is -2.27. The number of rotatable bonds is 2. The van der Waals surface area contributed by atoms with E-state index in [1.54, 1.807) is 10.9 Å². The summed E-state index contributed by atoms with van der Waals surface area (Å²) in [6.45, 7) is 4.44. The normalized spacial score (nSPS) is 17.6. The summed E-state index contributed by atoms with van der Waals surface area (Å²) in [5.41, 5.74) is 2.60. The molecule has 7 nitrogen and oxygen atoms in total. The summed E-state index contributed by atoms with van der Waals surface area (Å²) in [6, 6.07) is 5.98. The van der Waals surface area contributed by atoms with Crippen molar-refractivity contribution in [3.05, 3.63) is 58.8 Å². The fraction of sp³-hybridized carbons (Fsp3) is 0.350. The minimum Gasteiger partial charge on any atom is -0.328 e. The molecule has 2 aliphatic rings. The molecule has 1 fully saturated rings. The SMILES string of the molecule is Cc1cn2c(n1)C(Cl)=CN(c1ccc3c(=O)n(C4CCNCC4)cnc3c1)C2. The molecule has 5 rings (SSSR count). The Morgan fingerprint density at radius 1 is 1.25 bits per heavy atom. The molecule has 1 N–H and O–H groups in total. The number of aromatic nitrogens is 4. The molecule has 0 aliphatic carbocycles. The molecule has 2 aromatic heterocycles. The molecule has 144 valence electrons. The Bertz CT molecular complexity index is 1140. The van der Waals surface area contributed by atoms with E-state index in [-0.39, 0.29) is 11.6 Å². The lowest BCUT2D eigenvalue weighted by atomic mass is 10.1. The number of piperidine rings is 1. The molecule has 1 aromatic carbocycles. The Labute approximate surface area is 167 Å². The van der Waals surface area contributed by atoms with E-state index in [4.69, 9.17) is 11.6 Å². The summed E-state index contributed by atoms with van der Waals surface area (Å²) in [4.78, 5) is 24.0. The minimum absolute atomic E-state index is 0.0307. The second kappa shape index (κ2) is 6.76. The predicted molar refractivity (Wildman–Crippen MR) is 110 cm³/mol. The quantitative estimate of drug-likeness (QED) is 0.721. The number of anilines is 1. The van der Waals surface area contributed by atoms with Crippen LogP contribution in [0.25, 0.3) is 15.9 Å². The summed E-state index contributed by atoms with van der Waals surface area (Å²) in [5, 5.41) is 4.57. The third-order valence-corrected chi connectivity index (χ3v) is 5.75. The zero-order chi connectivity index (χ0) is 19.3. The maximum Gasteiger partial charge on any atom is 0.261 e. The first kappa shape index (κ1) is 17.5. The fourth-order valence-electron chi connectivity index (χ4n) is 4.05. The highest BCUT2D eigenvalue weighted by molar-refractivity contribution is 6.48. The van der Waals surface area contributed by atoms with E-state index in [2.05, 4.69) is 15.3 Å². The van der Waals surface area contributed by atoms with Gasteiger partial charge in [-0.1, -0.05) is 11.6 Å². The van der Waals surface area contributed by atoms with Crippen molar-refractivity contribution in [2.45, 2.75) is 32.5 Å². The van der Waals surface area contributed by atoms with Gasteiger partial charge in [0.1, 0.15) is 6.67 Å². The van der Waals surface area contributed by atoms with Crippen molar-refractivity contribution in [1.29, 1.82) is 0 Å². The molecule has 0 unspecified atom stereocenters. The highest BCUT2D eigenvalue weighted by Crippen LogP contribution is 2.29. The molecule has 1 saturated heterocycles. The number of halogens is 1. The number of hydrogen-bond acceptors (Lipinski definition) is 5. The summed E-state index contributed by atoms with van der Waals surface area (Å²) >= 11 is 6.42. The van der Waals surface area contributed by atoms with E-state index >= 15 is 0 Å². The van der Waals surface area contributed by atoms with Gasteiger partial charge < -0.3 is 14.8 Å². The molecule has 3 aromatic rings. The molecule has 8 heteroatoms. The van der Waals surface area contributed by atoms with Crippen LogP contribution in [0.1, 0.15) is 30.4 Å². The molecule has 0 radical (unpaired) electrons. The van der Waals surface area contributed by atoms with Crippen LogP contribution >= 0.6 is 11.6 Å². The molecule has 0 atom stereocenters. The number of imidazole rings is 1. The minimum atomic E-state index is 0.0307. The second-order valence-corrected chi connectivity index (χ2v) is 7.81. The van der Waals surface area contributed by atoms with Crippen molar-refractivity contribution >= 4 is 33.2 Å². The third-order valence-electron chi connectivity index (χ3n) is 5.49. The maximum atomic E-state index is 13.0. The number of aryl methyl sites for hydroxylation is 1. The van der Waals surface area contributed by atoms with Gasteiger partial charge in [-0.2, -0.15) is 0 Å². The smallest absolute Gasteiger partial charge is 0.261 e. The van der Waals surface area contributed by atoms with Crippen LogP contribution in [-0.2, 0) is 6.67 Å². The summed E-state index contributed by atoms with van der Waals surface area (Å²) < 4.78 is 3.81. The molecular weight excluding hydrogens is 376 g/mol. The van der Waals surface area contributed by atoms with Crippen LogP contribution in [-0.4, -0.2) is 32.2 Å². The van der Waals surface area contributed by atoms with Gasteiger partial charge in [-0.25, -0.2) is 9.97 Å². The Hall–Kier alpha value is -2.64. The third kappa shape index (κ3) is 2.91. The summed E-state index contributed by atoms with van der Waals surface area (Å²) in [7, 11) is 0. The van der Waals surface area contributed by atoms with Gasteiger partial charge in [0.15, 0.2) is 5.82 Å². The highest BCUT2D eigenvalue weighted by Gasteiger charge is 2.20. The lowest BCUT2D eigenvalue weighted by molar-refractivity contribution is 0.359. The average molecular weight is 397 g/mol. The monoisotopic (exact) mass is 396 g/mol.